The van der Waals surface area contributed by atoms with Crippen LogP contribution in [0.4, 0.5) is 0 Å². The molecular weight excluding hydrogens is 388 g/mol. The Morgan fingerprint density at radius 3 is 2.79 bits per heavy atom. The van der Waals surface area contributed by atoms with E-state index in [4.69, 9.17) is 12.2 Å². The lowest BCUT2D eigenvalue weighted by atomic mass is 10.1. The van der Waals surface area contributed by atoms with Crippen molar-refractivity contribution in [2.75, 3.05) is 0 Å². The first-order valence-corrected chi connectivity index (χ1v) is 8.11. The van der Waals surface area contributed by atoms with Gasteiger partial charge >= 0.3 is 0 Å². The van der Waals surface area contributed by atoms with Crippen molar-refractivity contribution in [3.05, 3.63) is 54.9 Å². The minimum absolute atomic E-state index is 0.632. The van der Waals surface area contributed by atoms with Gasteiger partial charge in [0.15, 0.2) is 0 Å². The van der Waals surface area contributed by atoms with Crippen LogP contribution in [-0.2, 0) is 12.8 Å². The summed E-state index contributed by atoms with van der Waals surface area (Å²) in [5, 5.41) is 0. The van der Waals surface area contributed by atoms with Gasteiger partial charge in [-0.25, -0.2) is 4.98 Å². The summed E-state index contributed by atoms with van der Waals surface area (Å²) in [5.74, 6) is 0.912. The van der Waals surface area contributed by atoms with E-state index in [9.17, 15) is 0 Å². The Morgan fingerprint density at radius 2 is 2.11 bits per heavy atom. The van der Waals surface area contributed by atoms with Crippen LogP contribution in [0, 0.1) is 4.64 Å². The van der Waals surface area contributed by atoms with Crippen LogP contribution in [0.25, 0.3) is 0 Å². The van der Waals surface area contributed by atoms with Gasteiger partial charge in [-0.15, -0.1) is 0 Å². The van der Waals surface area contributed by atoms with Gasteiger partial charge in [-0.1, -0.05) is 53.6 Å². The van der Waals surface area contributed by atoms with Crippen LogP contribution < -0.4 is 0 Å². The molecule has 1 heterocycles. The molecule has 0 aliphatic heterocycles. The average Bonchev–Trinajstić information content (AvgIpc) is 2.35. The summed E-state index contributed by atoms with van der Waals surface area (Å²) < 4.78 is 2.63. The summed E-state index contributed by atoms with van der Waals surface area (Å²) in [7, 11) is 0. The first-order valence-electron chi connectivity index (χ1n) is 6.12. The standard InChI is InChI=1S/C14H14Br2N2S/c1-2-4-11-13(16)14(19)18-12(17-11)8-9-5-3-6-10(15)7-9/h3,5-7H,2,4,8H2,1H3,(H,17,18,19). The number of rotatable bonds is 4. The first kappa shape index (κ1) is 14.9. The predicted molar refractivity (Wildman–Crippen MR) is 88.1 cm³/mol. The van der Waals surface area contributed by atoms with Crippen molar-refractivity contribution in [2.24, 2.45) is 0 Å². The zero-order chi connectivity index (χ0) is 13.8. The maximum atomic E-state index is 5.30. The van der Waals surface area contributed by atoms with Crippen molar-refractivity contribution >= 4 is 44.1 Å². The third-order valence-corrected chi connectivity index (χ3v) is 4.65. The molecule has 0 aliphatic rings. The second kappa shape index (κ2) is 6.77. The molecular formula is C14H14Br2N2S. The Morgan fingerprint density at radius 1 is 1.32 bits per heavy atom. The van der Waals surface area contributed by atoms with Crippen molar-refractivity contribution in [2.45, 2.75) is 26.2 Å². The van der Waals surface area contributed by atoms with Crippen molar-refractivity contribution in [3.8, 4) is 0 Å². The molecule has 0 fully saturated rings. The minimum Gasteiger partial charge on any atom is -0.346 e. The second-order valence-electron chi connectivity index (χ2n) is 4.34. The fraction of sp³-hybridized carbons (Fsp3) is 0.286. The second-order valence-corrected chi connectivity index (χ2v) is 6.43. The van der Waals surface area contributed by atoms with E-state index in [0.717, 1.165) is 39.7 Å². The Labute approximate surface area is 134 Å². The minimum atomic E-state index is 0.632. The smallest absolute Gasteiger partial charge is 0.144 e. The van der Waals surface area contributed by atoms with Crippen LogP contribution in [0.3, 0.4) is 0 Å². The highest BCUT2D eigenvalue weighted by Gasteiger charge is 2.06. The normalized spacial score (nSPS) is 10.7. The number of nitrogens with zero attached hydrogens (tertiary/aromatic N) is 1. The van der Waals surface area contributed by atoms with E-state index >= 15 is 0 Å². The Kier molecular flexibility index (Phi) is 5.30. The molecule has 0 saturated carbocycles. The summed E-state index contributed by atoms with van der Waals surface area (Å²) in [5.41, 5.74) is 2.34. The van der Waals surface area contributed by atoms with Gasteiger partial charge in [0.2, 0.25) is 0 Å². The molecule has 2 aromatic rings. The highest BCUT2D eigenvalue weighted by atomic mass is 79.9. The number of benzene rings is 1. The summed E-state index contributed by atoms with van der Waals surface area (Å²) in [6.45, 7) is 2.15. The molecule has 0 aliphatic carbocycles. The number of H-pyrrole nitrogens is 1. The zero-order valence-corrected chi connectivity index (χ0v) is 14.5. The maximum absolute atomic E-state index is 5.30. The molecule has 2 nitrogen and oxygen atoms in total. The van der Waals surface area contributed by atoms with E-state index in [1.165, 1.54) is 5.56 Å². The van der Waals surface area contributed by atoms with Crippen LogP contribution >= 0.6 is 44.1 Å². The number of nitrogens with one attached hydrogen (secondary N) is 1. The van der Waals surface area contributed by atoms with Crippen molar-refractivity contribution in [3.63, 3.8) is 0 Å². The molecule has 1 aromatic carbocycles. The molecule has 0 saturated heterocycles. The monoisotopic (exact) mass is 400 g/mol. The third-order valence-electron chi connectivity index (χ3n) is 2.74. The van der Waals surface area contributed by atoms with E-state index < -0.39 is 0 Å². The van der Waals surface area contributed by atoms with Gasteiger partial charge in [0, 0.05) is 16.6 Å². The summed E-state index contributed by atoms with van der Waals surface area (Å²) in [4.78, 5) is 7.82. The first-order chi connectivity index (χ1) is 9.10. The Bertz CT molecular complexity index is 638. The number of aryl methyl sites for hydroxylation is 1. The lowest BCUT2D eigenvalue weighted by Crippen LogP contribution is -2.02. The largest absolute Gasteiger partial charge is 0.346 e. The molecule has 0 radical (unpaired) electrons. The lowest BCUT2D eigenvalue weighted by molar-refractivity contribution is 0.829. The Hall–Kier alpha value is -0.520. The van der Waals surface area contributed by atoms with E-state index in [0.29, 0.717) is 4.64 Å². The van der Waals surface area contributed by atoms with Crippen molar-refractivity contribution in [1.29, 1.82) is 0 Å². The van der Waals surface area contributed by atoms with Crippen LogP contribution in [-0.4, -0.2) is 9.97 Å². The van der Waals surface area contributed by atoms with Gasteiger partial charge < -0.3 is 4.98 Å². The van der Waals surface area contributed by atoms with Gasteiger partial charge in [-0.05, 0) is 40.0 Å². The number of hydrogen-bond donors (Lipinski definition) is 1. The van der Waals surface area contributed by atoms with Gasteiger partial charge in [-0.2, -0.15) is 0 Å². The molecule has 0 amide bonds. The molecule has 100 valence electrons. The van der Waals surface area contributed by atoms with Gasteiger partial charge in [0.1, 0.15) is 10.5 Å². The molecule has 1 aromatic heterocycles. The van der Waals surface area contributed by atoms with Crippen LogP contribution in [0.5, 0.6) is 0 Å². The lowest BCUT2D eigenvalue weighted by Gasteiger charge is -2.08. The third kappa shape index (κ3) is 3.97. The molecule has 0 bridgehead atoms. The molecule has 19 heavy (non-hydrogen) atoms. The number of halogens is 2. The average molecular weight is 402 g/mol. The van der Waals surface area contributed by atoms with Crippen LogP contribution in [0.2, 0.25) is 0 Å². The predicted octanol–water partition coefficient (Wildman–Crippen LogP) is 5.21. The van der Waals surface area contributed by atoms with Gasteiger partial charge in [0.05, 0.1) is 4.47 Å². The number of aromatic nitrogens is 2. The molecule has 1 N–H and O–H groups in total. The maximum Gasteiger partial charge on any atom is 0.144 e. The van der Waals surface area contributed by atoms with E-state index in [1.54, 1.807) is 0 Å². The topological polar surface area (TPSA) is 28.7 Å². The summed E-state index contributed by atoms with van der Waals surface area (Å²) >= 11 is 12.3. The molecule has 0 atom stereocenters. The number of aromatic amines is 1. The van der Waals surface area contributed by atoms with E-state index in [2.05, 4.69) is 60.9 Å². The highest BCUT2D eigenvalue weighted by molar-refractivity contribution is 9.10. The zero-order valence-electron chi connectivity index (χ0n) is 10.5. The van der Waals surface area contributed by atoms with Crippen molar-refractivity contribution in [1.82, 2.24) is 9.97 Å². The fourth-order valence-electron chi connectivity index (χ4n) is 1.90. The van der Waals surface area contributed by atoms with Crippen molar-refractivity contribution < 1.29 is 0 Å². The quantitative estimate of drug-likeness (QED) is 0.712. The van der Waals surface area contributed by atoms with Crippen LogP contribution in [0.15, 0.2) is 33.2 Å². The van der Waals surface area contributed by atoms with Gasteiger partial charge in [-0.3, -0.25) is 0 Å². The fourth-order valence-corrected chi connectivity index (χ4v) is 2.97. The highest BCUT2D eigenvalue weighted by Crippen LogP contribution is 2.19. The van der Waals surface area contributed by atoms with E-state index in [-0.39, 0.29) is 0 Å². The number of hydrogen-bond acceptors (Lipinski definition) is 2. The summed E-state index contributed by atoms with van der Waals surface area (Å²) in [6, 6.07) is 8.23. The van der Waals surface area contributed by atoms with Gasteiger partial charge in [0.25, 0.3) is 0 Å². The molecule has 0 unspecified atom stereocenters. The van der Waals surface area contributed by atoms with Crippen LogP contribution in [0.1, 0.15) is 30.4 Å². The summed E-state index contributed by atoms with van der Waals surface area (Å²) in [6.07, 6.45) is 2.80. The van der Waals surface area contributed by atoms with E-state index in [1.807, 2.05) is 12.1 Å². The molecule has 0 spiro atoms. The molecule has 5 heteroatoms. The SMILES string of the molecule is CCCc1[nH]c(Cc2cccc(Br)c2)nc(=S)c1Br. The molecule has 2 rings (SSSR count). The Balaban J connectivity index is 2.33.